The van der Waals surface area contributed by atoms with Crippen molar-refractivity contribution in [3.8, 4) is 6.07 Å². The Kier molecular flexibility index (Phi) is 50.9. The lowest BCUT2D eigenvalue weighted by atomic mass is 10.0. The summed E-state index contributed by atoms with van der Waals surface area (Å²) in [7, 11) is -12.7. The fourth-order valence-electron chi connectivity index (χ4n) is 10.2. The first-order valence-electron chi connectivity index (χ1n) is 35.7. The highest BCUT2D eigenvalue weighted by atomic mass is 35.5. The van der Waals surface area contributed by atoms with Crippen LogP contribution in [0.4, 0.5) is 45.5 Å². The Morgan fingerprint density at radius 2 is 0.774 bits per heavy atom. The molecule has 1 atom stereocenters. The zero-order valence-corrected chi connectivity index (χ0v) is 74.5. The molecule has 6 aromatic carbocycles. The molecule has 0 saturated carbocycles. The average Bonchev–Trinajstić information content (AvgIpc) is 0.801. The van der Waals surface area contributed by atoms with Gasteiger partial charge in [-0.3, -0.25) is 62.5 Å². The van der Waals surface area contributed by atoms with Gasteiger partial charge in [0.05, 0.1) is 137 Å². The quantitative estimate of drug-likeness (QED) is 0.00519. The van der Waals surface area contributed by atoms with E-state index < -0.39 is 46.3 Å². The second kappa shape index (κ2) is 54.5. The van der Waals surface area contributed by atoms with Crippen molar-refractivity contribution < 1.29 is 93.1 Å². The minimum Gasteiger partial charge on any atom is -0.396 e. The molecule has 0 bridgehead atoms. The van der Waals surface area contributed by atoms with E-state index in [1.54, 1.807) is 136 Å². The van der Waals surface area contributed by atoms with Crippen LogP contribution in [0.25, 0.3) is 0 Å². The molecule has 1 unspecified atom stereocenters. The van der Waals surface area contributed by atoms with E-state index >= 15 is 0 Å². The molecule has 636 valence electrons. The number of nitrogens with one attached hydrogen (secondary N) is 4. The number of carbonyl (C=O) groups is 6. The van der Waals surface area contributed by atoms with E-state index in [0.29, 0.717) is 122 Å². The molecule has 0 radical (unpaired) electrons. The molecule has 40 heteroatoms. The lowest BCUT2D eigenvalue weighted by molar-refractivity contribution is -0.384. The second-order valence-electron chi connectivity index (χ2n) is 23.7. The third kappa shape index (κ3) is 35.3. The number of ketones is 4. The van der Waals surface area contributed by atoms with E-state index in [2.05, 4.69) is 27.3 Å². The summed E-state index contributed by atoms with van der Waals surface area (Å²) in [5, 5.41) is 45.8. The topological polar surface area (TPSA) is 455 Å². The van der Waals surface area contributed by atoms with Crippen LogP contribution < -0.4 is 32.7 Å². The van der Waals surface area contributed by atoms with Crippen LogP contribution in [0.15, 0.2) is 84.9 Å². The Morgan fingerprint density at radius 3 is 1.11 bits per heavy atom. The molecule has 0 heterocycles. The molecular weight excluding hydrogens is 1680 g/mol. The van der Waals surface area contributed by atoms with E-state index in [-0.39, 0.29) is 134 Å². The summed E-state index contributed by atoms with van der Waals surface area (Å²) in [5.41, 5.74) is 18.1. The number of aldehydes is 2. The van der Waals surface area contributed by atoms with E-state index in [1.807, 2.05) is 19.9 Å². The molecule has 0 amide bonds. The van der Waals surface area contributed by atoms with Crippen LogP contribution in [-0.4, -0.2) is 143 Å². The van der Waals surface area contributed by atoms with Gasteiger partial charge in [-0.2, -0.15) is 5.26 Å². The van der Waals surface area contributed by atoms with E-state index in [1.165, 1.54) is 39.8 Å². The number of anilines is 6. The number of carbonyl (C=O) groups excluding carboxylic acids is 6. The van der Waals surface area contributed by atoms with Gasteiger partial charge in [0, 0.05) is 46.4 Å². The normalized spacial score (nSPS) is 11.2. The van der Waals surface area contributed by atoms with Gasteiger partial charge in [-0.15, -0.1) is 12.4 Å². The number of halogens is 5. The molecule has 0 aromatic heterocycles. The third-order valence-corrected chi connectivity index (χ3v) is 24.8. The predicted molar refractivity (Wildman–Crippen MR) is 459 cm³/mol. The molecule has 0 aliphatic rings. The summed E-state index contributed by atoms with van der Waals surface area (Å²) >= 11 is 23.9. The van der Waals surface area contributed by atoms with Gasteiger partial charge in [0.15, 0.2) is 29.4 Å². The first-order valence-corrected chi connectivity index (χ1v) is 44.1. The molecule has 31 nitrogen and oxygen atoms in total. The Hall–Kier alpha value is -7.52. The number of nitro benzene ring substituents is 2. The van der Waals surface area contributed by atoms with Crippen LogP contribution in [0.5, 0.6) is 0 Å². The molecule has 0 aliphatic heterocycles. The van der Waals surface area contributed by atoms with Crippen molar-refractivity contribution in [1.29, 1.82) is 5.26 Å². The van der Waals surface area contributed by atoms with Crippen LogP contribution >= 0.6 is 89.2 Å². The minimum absolute atomic E-state index is 0. The molecule has 0 aliphatic carbocycles. The Balaban J connectivity index is 0.00000142. The van der Waals surface area contributed by atoms with E-state index in [0.717, 1.165) is 11.1 Å². The summed E-state index contributed by atoms with van der Waals surface area (Å²) in [6.45, 7) is 29.6. The molecule has 6 aromatic rings. The van der Waals surface area contributed by atoms with Gasteiger partial charge < -0.3 is 73.7 Å². The van der Waals surface area contributed by atoms with Crippen molar-refractivity contribution in [2.24, 2.45) is 0 Å². The molecule has 6 rings (SSSR count). The maximum atomic E-state index is 12.8. The maximum Gasteiger partial charge on any atom is 0.337 e. The monoisotopic (exact) mass is 1780 g/mol. The van der Waals surface area contributed by atoms with Crippen molar-refractivity contribution in [1.82, 2.24) is 0 Å². The molecule has 8 N–H and O–H groups in total. The van der Waals surface area contributed by atoms with Crippen molar-refractivity contribution >= 4 is 170 Å². The number of nitrogens with zero attached hydrogens (tertiary/aromatic N) is 3. The molecule has 0 fully saturated rings. The molecule has 0 saturated heterocycles. The Morgan fingerprint density at radius 1 is 0.461 bits per heavy atom. The van der Waals surface area contributed by atoms with Crippen LogP contribution in [-0.2, 0) is 59.2 Å². The summed E-state index contributed by atoms with van der Waals surface area (Å²) in [4.78, 5) is 87.8. The summed E-state index contributed by atoms with van der Waals surface area (Å²) in [5.74, 6) is -1.02. The number of nitro groups is 2. The SMILES string of the molecule is CC(=O)c1ccc(C)c(N)c1[N+](=O)[O-].CCOP(=O)(CC=O)OCC.CCOP(=O)(CCNc1c(C)ccc(C(C)=O)c1N)OCC.CCOP(=O)(CCNc1c(C)ccc(C(C)=O)c1NC(C#N)c1c(Cl)cccc1Cl)OCC.CCOP(=O)(CCNc1c(C)ccc(C(C)=O)c1[N+](=O)[O-])OCC.Cl.O=Cc1c(Cl)cccc1Cl. The van der Waals surface area contributed by atoms with Gasteiger partial charge in [0.2, 0.25) is 0 Å². The lowest BCUT2D eigenvalue weighted by Gasteiger charge is -2.23. The van der Waals surface area contributed by atoms with Crippen LogP contribution in [0.1, 0.15) is 169 Å². The van der Waals surface area contributed by atoms with Gasteiger partial charge in [0.25, 0.3) is 0 Å². The van der Waals surface area contributed by atoms with Crippen LogP contribution in [0.2, 0.25) is 20.1 Å². The Bertz CT molecular complexity index is 4440. The number of hydrogen-bond donors (Lipinski definition) is 6. The number of hydrogen-bond acceptors (Lipinski definition) is 29. The Labute approximate surface area is 698 Å². The first-order chi connectivity index (χ1) is 53.6. The summed E-state index contributed by atoms with van der Waals surface area (Å²) in [6.07, 6.45) is 1.47. The number of rotatable bonds is 40. The van der Waals surface area contributed by atoms with E-state index in [4.69, 9.17) is 94.1 Å². The number of nitriles is 1. The van der Waals surface area contributed by atoms with Gasteiger partial charge in [0.1, 0.15) is 29.9 Å². The third-order valence-electron chi connectivity index (χ3n) is 15.4. The number of nitrogens with two attached hydrogens (primary N) is 2. The minimum atomic E-state index is -3.25. The fourth-order valence-corrected chi connectivity index (χ4v) is 17.1. The van der Waals surface area contributed by atoms with Crippen LogP contribution in [0.3, 0.4) is 0 Å². The number of benzene rings is 6. The van der Waals surface area contributed by atoms with Gasteiger partial charge >= 0.3 is 41.8 Å². The van der Waals surface area contributed by atoms with E-state index in [9.17, 15) is 72.5 Å². The maximum absolute atomic E-state index is 12.8. The van der Waals surface area contributed by atoms with Gasteiger partial charge in [-0.05, 0) is 182 Å². The zero-order chi connectivity index (χ0) is 86.9. The standard InChI is InChI=1S/C23H28Cl2N3O4P.C15H23N2O6P.C15H25N2O4P.C9H10N2O3.C7H4Cl2O.C6H13O4P.ClH/c1-5-31-33(30,32-6-2)13-12-27-22-15(3)10-11-17(16(4)29)23(22)28-20(14-26)21-18(24)8-7-9-19(21)25;1-5-22-24(21,23-6-2)10-9-16-14-11(3)7-8-13(12(4)18)15(14)17(19)20;1-5-20-22(19,21-6-2)10-9-17-15-11(3)7-8-13(12(4)18)14(15)16;1-5-3-4-7(6(2)12)9(8(5)10)11(13)14;8-6-2-1-3-7(9)5(6)4-10;1-3-9-11(8,6-5-7)10-4-2;/h7-11,20,27-28H,5-6,12-13H2,1-4H3;7-8,16H,5-6,9-10H2,1-4H3;7-8,17H,5-6,9-10,16H2,1-4H3;3-4H,10H2,1-2H3;1-4H;5H,3-4,6H2,1-2H3;1H. The average molecular weight is 1780 g/mol. The largest absolute Gasteiger partial charge is 0.396 e. The number of aryl methyl sites for hydroxylation is 4. The van der Waals surface area contributed by atoms with Crippen molar-refractivity contribution in [3.05, 3.63) is 181 Å². The first kappa shape index (κ1) is 107. The zero-order valence-electron chi connectivity index (χ0n) is 67.1. The predicted octanol–water partition coefficient (Wildman–Crippen LogP) is 20.5. The summed E-state index contributed by atoms with van der Waals surface area (Å²) < 4.78 is 90.1. The lowest BCUT2D eigenvalue weighted by Crippen LogP contribution is -2.17. The highest BCUT2D eigenvalue weighted by molar-refractivity contribution is 7.55. The van der Waals surface area contributed by atoms with Gasteiger partial charge in [-0.25, -0.2) is 0 Å². The van der Waals surface area contributed by atoms with Crippen molar-refractivity contribution in [2.75, 3.05) is 130 Å². The smallest absolute Gasteiger partial charge is 0.337 e. The van der Waals surface area contributed by atoms with Crippen molar-refractivity contribution in [3.63, 3.8) is 0 Å². The van der Waals surface area contributed by atoms with Crippen molar-refractivity contribution in [2.45, 2.75) is 117 Å². The summed E-state index contributed by atoms with van der Waals surface area (Å²) in [6, 6.07) is 24.3. The number of Topliss-reactive ketones (excluding diaryl/α,β-unsaturated/α-hetero) is 4. The molecule has 0 spiro atoms. The molecule has 115 heavy (non-hydrogen) atoms. The highest BCUT2D eigenvalue weighted by Crippen LogP contribution is 2.51. The highest BCUT2D eigenvalue weighted by Gasteiger charge is 2.30. The second-order valence-corrected chi connectivity index (χ2v) is 34.0. The fraction of sp³-hybridized carbons (Fsp3) is 0.427. The van der Waals surface area contributed by atoms with Gasteiger partial charge in [-0.1, -0.05) is 82.8 Å². The number of nitrogen functional groups attached to an aromatic ring is 2. The van der Waals surface area contributed by atoms with Crippen LogP contribution in [0, 0.1) is 59.3 Å². The molecular formula is C75H104Cl5N9O22P4.